The van der Waals surface area contributed by atoms with E-state index in [4.69, 9.17) is 0 Å². The quantitative estimate of drug-likeness (QED) is 0.372. The summed E-state index contributed by atoms with van der Waals surface area (Å²) in [5, 5.41) is 63.5. The first-order chi connectivity index (χ1) is 15.2. The predicted octanol–water partition coefficient (Wildman–Crippen LogP) is 0.847. The maximum atomic E-state index is 9.84. The van der Waals surface area contributed by atoms with E-state index in [1.54, 1.807) is 36.7 Å². The van der Waals surface area contributed by atoms with E-state index in [1.165, 1.54) is 37.0 Å². The average molecular weight is 442 g/mol. The van der Waals surface area contributed by atoms with E-state index >= 15 is 0 Å². The SMILES string of the molecule is C[C@H](O)c1nnc([C@H](C)O)n1/N=C/c1ccc(/C=N/n2c([C@H](C)O)nnc2[C@H](C)O)cc1. The lowest BCUT2D eigenvalue weighted by Crippen LogP contribution is -2.08. The predicted molar refractivity (Wildman–Crippen MR) is 115 cm³/mol. The molecule has 4 N–H and O–H groups in total. The van der Waals surface area contributed by atoms with Crippen molar-refractivity contribution in [2.24, 2.45) is 10.2 Å². The van der Waals surface area contributed by atoms with Crippen LogP contribution in [0.1, 0.15) is 86.5 Å². The number of hydrogen-bond acceptors (Lipinski definition) is 10. The largest absolute Gasteiger partial charge is 0.385 e. The second-order valence-corrected chi connectivity index (χ2v) is 7.32. The van der Waals surface area contributed by atoms with Crippen LogP contribution in [0.5, 0.6) is 0 Å². The molecule has 12 nitrogen and oxygen atoms in total. The maximum absolute atomic E-state index is 9.84. The van der Waals surface area contributed by atoms with E-state index in [9.17, 15) is 20.4 Å². The average Bonchev–Trinajstić information content (AvgIpc) is 3.36. The molecule has 0 spiro atoms. The van der Waals surface area contributed by atoms with Crippen molar-refractivity contribution in [3.8, 4) is 0 Å². The van der Waals surface area contributed by atoms with Crippen molar-refractivity contribution < 1.29 is 20.4 Å². The maximum Gasteiger partial charge on any atom is 0.182 e. The van der Waals surface area contributed by atoms with Crippen molar-refractivity contribution >= 4 is 12.4 Å². The summed E-state index contributed by atoms with van der Waals surface area (Å²) in [4.78, 5) is 0. The van der Waals surface area contributed by atoms with Crippen LogP contribution in [-0.2, 0) is 0 Å². The van der Waals surface area contributed by atoms with Crippen LogP contribution in [0.2, 0.25) is 0 Å². The third-order valence-electron chi connectivity index (χ3n) is 4.45. The van der Waals surface area contributed by atoms with Gasteiger partial charge in [-0.1, -0.05) is 24.3 Å². The lowest BCUT2D eigenvalue weighted by Gasteiger charge is -2.08. The van der Waals surface area contributed by atoms with Crippen LogP contribution in [0.15, 0.2) is 34.5 Å². The second kappa shape index (κ2) is 9.87. The molecule has 0 saturated carbocycles. The molecule has 0 aliphatic rings. The molecule has 2 heterocycles. The van der Waals surface area contributed by atoms with Crippen LogP contribution in [0.25, 0.3) is 0 Å². The van der Waals surface area contributed by atoms with Gasteiger partial charge in [-0.05, 0) is 38.8 Å². The van der Waals surface area contributed by atoms with Gasteiger partial charge in [0.15, 0.2) is 23.3 Å². The van der Waals surface area contributed by atoms with Crippen molar-refractivity contribution in [3.05, 3.63) is 58.7 Å². The molecule has 170 valence electrons. The molecule has 32 heavy (non-hydrogen) atoms. The van der Waals surface area contributed by atoms with Gasteiger partial charge in [0.05, 0.1) is 12.4 Å². The summed E-state index contributed by atoms with van der Waals surface area (Å²) in [6.45, 7) is 6.16. The number of benzene rings is 1. The highest BCUT2D eigenvalue weighted by Crippen LogP contribution is 2.17. The van der Waals surface area contributed by atoms with E-state index in [1.807, 2.05) is 0 Å². The summed E-state index contributed by atoms with van der Waals surface area (Å²) >= 11 is 0. The van der Waals surface area contributed by atoms with Crippen LogP contribution in [0.3, 0.4) is 0 Å². The third-order valence-corrected chi connectivity index (χ3v) is 4.45. The van der Waals surface area contributed by atoms with Crippen molar-refractivity contribution in [1.29, 1.82) is 0 Å². The summed E-state index contributed by atoms with van der Waals surface area (Å²) in [6, 6.07) is 7.21. The van der Waals surface area contributed by atoms with E-state index in [0.29, 0.717) is 0 Å². The molecular formula is C20H26N8O4. The topological polar surface area (TPSA) is 167 Å². The van der Waals surface area contributed by atoms with Gasteiger partial charge >= 0.3 is 0 Å². The fourth-order valence-electron chi connectivity index (χ4n) is 2.80. The molecule has 1 aromatic carbocycles. The van der Waals surface area contributed by atoms with E-state index in [2.05, 4.69) is 30.6 Å². The third kappa shape index (κ3) is 5.11. The Hall–Kier alpha value is -3.32. The number of nitrogens with zero attached hydrogens (tertiary/aromatic N) is 8. The zero-order chi connectivity index (χ0) is 23.4. The Bertz CT molecular complexity index is 959. The van der Waals surface area contributed by atoms with Crippen molar-refractivity contribution in [1.82, 2.24) is 29.7 Å². The Morgan fingerprint density at radius 1 is 0.594 bits per heavy atom. The number of aliphatic hydroxyl groups is 4. The van der Waals surface area contributed by atoms with Crippen LogP contribution in [0.4, 0.5) is 0 Å². The fourth-order valence-corrected chi connectivity index (χ4v) is 2.80. The molecule has 12 heteroatoms. The molecule has 0 bridgehead atoms. The Morgan fingerprint density at radius 2 is 0.844 bits per heavy atom. The van der Waals surface area contributed by atoms with E-state index in [-0.39, 0.29) is 23.3 Å². The summed E-state index contributed by atoms with van der Waals surface area (Å²) in [5.41, 5.74) is 1.50. The van der Waals surface area contributed by atoms with Crippen molar-refractivity contribution in [2.75, 3.05) is 0 Å². The number of hydrogen-bond donors (Lipinski definition) is 4. The number of rotatable bonds is 8. The first-order valence-electron chi connectivity index (χ1n) is 10.0. The zero-order valence-electron chi connectivity index (χ0n) is 18.1. The Balaban J connectivity index is 1.82. The Kier molecular flexibility index (Phi) is 7.20. The summed E-state index contributed by atoms with van der Waals surface area (Å²) in [6.07, 6.45) is -0.497. The molecule has 0 saturated heterocycles. The van der Waals surface area contributed by atoms with Crippen molar-refractivity contribution in [3.63, 3.8) is 0 Å². The van der Waals surface area contributed by atoms with E-state index in [0.717, 1.165) is 11.1 Å². The van der Waals surface area contributed by atoms with Gasteiger partial charge in [-0.15, -0.1) is 20.4 Å². The van der Waals surface area contributed by atoms with Gasteiger partial charge < -0.3 is 20.4 Å². The van der Waals surface area contributed by atoms with Gasteiger partial charge in [0, 0.05) is 0 Å². The number of aliphatic hydroxyl groups excluding tert-OH is 4. The highest BCUT2D eigenvalue weighted by Gasteiger charge is 2.19. The summed E-state index contributed by atoms with van der Waals surface area (Å²) < 4.78 is 2.62. The molecule has 0 amide bonds. The molecular weight excluding hydrogens is 416 g/mol. The van der Waals surface area contributed by atoms with Crippen LogP contribution < -0.4 is 0 Å². The molecule has 0 aliphatic heterocycles. The van der Waals surface area contributed by atoms with Gasteiger partial charge in [-0.25, -0.2) is 0 Å². The molecule has 3 rings (SSSR count). The van der Waals surface area contributed by atoms with Gasteiger partial charge in [0.25, 0.3) is 0 Å². The van der Waals surface area contributed by atoms with E-state index < -0.39 is 24.4 Å². The molecule has 0 fully saturated rings. The minimum atomic E-state index is -0.901. The summed E-state index contributed by atoms with van der Waals surface area (Å²) in [5.74, 6) is 0.880. The van der Waals surface area contributed by atoms with Crippen molar-refractivity contribution in [2.45, 2.75) is 52.1 Å². The fraction of sp³-hybridized carbons (Fsp3) is 0.400. The van der Waals surface area contributed by atoms with Gasteiger partial charge in [-0.3, -0.25) is 0 Å². The van der Waals surface area contributed by atoms with Crippen LogP contribution in [-0.4, -0.2) is 62.6 Å². The van der Waals surface area contributed by atoms with Crippen LogP contribution in [0, 0.1) is 0 Å². The highest BCUT2D eigenvalue weighted by molar-refractivity contribution is 5.84. The molecule has 3 aromatic rings. The van der Waals surface area contributed by atoms with Gasteiger partial charge in [0.2, 0.25) is 0 Å². The Morgan fingerprint density at radius 3 is 1.06 bits per heavy atom. The number of aromatic nitrogens is 6. The lowest BCUT2D eigenvalue weighted by atomic mass is 10.2. The monoisotopic (exact) mass is 442 g/mol. The molecule has 2 aromatic heterocycles. The standard InChI is InChI=1S/C20H26N8O4/c1-11(29)17-23-24-18(12(2)30)27(17)21-9-15-5-7-16(8-6-15)10-22-28-19(13(3)31)25-26-20(28)14(4)32/h5-14,29-32H,1-4H3/b21-9+,22-10+/t11-,12-,13-,14-/m0/s1. The first kappa shape index (κ1) is 23.3. The second-order valence-electron chi connectivity index (χ2n) is 7.32. The van der Waals surface area contributed by atoms with Crippen LogP contribution >= 0.6 is 0 Å². The lowest BCUT2D eigenvalue weighted by molar-refractivity contribution is 0.173. The molecule has 4 atom stereocenters. The minimum absolute atomic E-state index is 0.220. The minimum Gasteiger partial charge on any atom is -0.385 e. The highest BCUT2D eigenvalue weighted by atomic mass is 16.3. The first-order valence-corrected chi connectivity index (χ1v) is 10.0. The van der Waals surface area contributed by atoms with Gasteiger partial charge in [-0.2, -0.15) is 19.6 Å². The molecule has 0 radical (unpaired) electrons. The molecule has 0 aliphatic carbocycles. The normalized spacial score (nSPS) is 16.0. The van der Waals surface area contributed by atoms with Gasteiger partial charge in [0.1, 0.15) is 24.4 Å². The zero-order valence-corrected chi connectivity index (χ0v) is 18.1. The smallest absolute Gasteiger partial charge is 0.182 e. The Labute approximate surface area is 184 Å². The summed E-state index contributed by atoms with van der Waals surface area (Å²) in [7, 11) is 0. The molecule has 0 unspecified atom stereocenters.